The third kappa shape index (κ3) is 1.89. The Hall–Kier alpha value is -0.880. The van der Waals surface area contributed by atoms with Crippen molar-refractivity contribution in [3.05, 3.63) is 5.51 Å². The van der Waals surface area contributed by atoms with Gasteiger partial charge in [-0.25, -0.2) is 0 Å². The van der Waals surface area contributed by atoms with Crippen molar-refractivity contribution in [3.8, 4) is 0 Å². The van der Waals surface area contributed by atoms with Crippen LogP contribution >= 0.6 is 23.7 Å². The van der Waals surface area contributed by atoms with E-state index in [1.807, 2.05) is 4.90 Å². The van der Waals surface area contributed by atoms with E-state index in [2.05, 4.69) is 10.2 Å². The summed E-state index contributed by atoms with van der Waals surface area (Å²) in [5, 5.41) is 16.9. The Kier molecular flexibility index (Phi) is 3.05. The summed E-state index contributed by atoms with van der Waals surface area (Å²) in [5.41, 5.74) is 1.64. The first-order valence-corrected chi connectivity index (χ1v) is 4.39. The van der Waals surface area contributed by atoms with Gasteiger partial charge in [0.1, 0.15) is 5.51 Å². The van der Waals surface area contributed by atoms with Gasteiger partial charge >= 0.3 is 5.97 Å². The van der Waals surface area contributed by atoms with Gasteiger partial charge in [0.15, 0.2) is 0 Å². The highest BCUT2D eigenvalue weighted by Gasteiger charge is 2.33. The summed E-state index contributed by atoms with van der Waals surface area (Å²) in [6.07, 6.45) is 0. The number of carboxylic acid groups (broad SMARTS) is 1. The van der Waals surface area contributed by atoms with Crippen LogP contribution in [0.5, 0.6) is 0 Å². The van der Waals surface area contributed by atoms with Crippen molar-refractivity contribution >= 4 is 34.8 Å². The molecule has 7 heteroatoms. The number of carboxylic acids is 1. The van der Waals surface area contributed by atoms with Gasteiger partial charge in [-0.15, -0.1) is 22.6 Å². The van der Waals surface area contributed by atoms with Crippen LogP contribution in [0.1, 0.15) is 0 Å². The number of nitrogens with zero attached hydrogens (tertiary/aromatic N) is 3. The van der Waals surface area contributed by atoms with Gasteiger partial charge in [0.2, 0.25) is 5.13 Å². The Labute approximate surface area is 84.8 Å². The molecule has 1 aliphatic rings. The Balaban J connectivity index is 0.000000845. The molecule has 1 N–H and O–H groups in total. The minimum absolute atomic E-state index is 0. The second-order valence-electron chi connectivity index (χ2n) is 2.66. The molecule has 72 valence electrons. The molecule has 5 nitrogen and oxygen atoms in total. The van der Waals surface area contributed by atoms with Crippen molar-refractivity contribution in [1.82, 2.24) is 10.2 Å². The van der Waals surface area contributed by atoms with E-state index in [1.54, 1.807) is 5.51 Å². The predicted molar refractivity (Wildman–Crippen MR) is 50.5 cm³/mol. The molecule has 0 amide bonds. The second-order valence-corrected chi connectivity index (χ2v) is 3.47. The lowest BCUT2D eigenvalue weighted by Crippen LogP contribution is -2.50. The normalized spacial score (nSPS) is 16.2. The van der Waals surface area contributed by atoms with E-state index in [4.69, 9.17) is 5.11 Å². The van der Waals surface area contributed by atoms with E-state index in [-0.39, 0.29) is 18.3 Å². The lowest BCUT2D eigenvalue weighted by molar-refractivity contribution is -0.142. The zero-order valence-corrected chi connectivity index (χ0v) is 8.22. The number of rotatable bonds is 2. The molecule has 13 heavy (non-hydrogen) atoms. The highest BCUT2D eigenvalue weighted by atomic mass is 35.5. The summed E-state index contributed by atoms with van der Waals surface area (Å²) in [4.78, 5) is 12.4. The number of aliphatic carboxylic acids is 1. The van der Waals surface area contributed by atoms with Crippen molar-refractivity contribution in [2.75, 3.05) is 18.0 Å². The molecular weight excluding hydrogens is 214 g/mol. The topological polar surface area (TPSA) is 66.3 Å². The Morgan fingerprint density at radius 2 is 2.38 bits per heavy atom. The molecule has 2 rings (SSSR count). The Morgan fingerprint density at radius 3 is 2.85 bits per heavy atom. The summed E-state index contributed by atoms with van der Waals surface area (Å²) in [6.45, 7) is 1.12. The van der Waals surface area contributed by atoms with E-state index in [1.165, 1.54) is 11.3 Å². The summed E-state index contributed by atoms with van der Waals surface area (Å²) in [7, 11) is 0. The second kappa shape index (κ2) is 3.89. The van der Waals surface area contributed by atoms with Gasteiger partial charge in [0, 0.05) is 13.1 Å². The smallest absolute Gasteiger partial charge is 0.310 e. The average molecular weight is 222 g/mol. The van der Waals surface area contributed by atoms with Gasteiger partial charge in [0.05, 0.1) is 5.92 Å². The highest BCUT2D eigenvalue weighted by molar-refractivity contribution is 7.13. The lowest BCUT2D eigenvalue weighted by Gasteiger charge is -2.35. The molecule has 1 aromatic rings. The molecule has 0 saturated carbocycles. The van der Waals surface area contributed by atoms with Crippen LogP contribution in [0.2, 0.25) is 0 Å². The van der Waals surface area contributed by atoms with E-state index in [9.17, 15) is 4.79 Å². The molecule has 0 aliphatic carbocycles. The molecule has 0 atom stereocenters. The monoisotopic (exact) mass is 221 g/mol. The number of halogens is 1. The minimum atomic E-state index is -0.726. The first-order chi connectivity index (χ1) is 5.77. The van der Waals surface area contributed by atoms with Crippen LogP contribution in [0.4, 0.5) is 5.13 Å². The van der Waals surface area contributed by atoms with Crippen molar-refractivity contribution in [2.24, 2.45) is 5.92 Å². The average Bonchev–Trinajstić information content (AvgIpc) is 2.34. The maximum atomic E-state index is 10.4. The number of hydrogen-bond acceptors (Lipinski definition) is 5. The summed E-state index contributed by atoms with van der Waals surface area (Å²) in [6, 6.07) is 0. The van der Waals surface area contributed by atoms with Crippen molar-refractivity contribution in [3.63, 3.8) is 0 Å². The fourth-order valence-electron chi connectivity index (χ4n) is 1.10. The molecule has 1 aromatic heterocycles. The van der Waals surface area contributed by atoms with Crippen LogP contribution in [0.25, 0.3) is 0 Å². The molecular formula is C6H8ClN3O2S. The van der Waals surface area contributed by atoms with Crippen molar-refractivity contribution in [1.29, 1.82) is 0 Å². The van der Waals surface area contributed by atoms with Crippen LogP contribution in [-0.4, -0.2) is 34.4 Å². The zero-order valence-electron chi connectivity index (χ0n) is 6.58. The van der Waals surface area contributed by atoms with E-state index in [0.29, 0.717) is 13.1 Å². The molecule has 0 radical (unpaired) electrons. The van der Waals surface area contributed by atoms with Crippen LogP contribution in [0, 0.1) is 5.92 Å². The molecule has 2 heterocycles. The molecule has 0 aromatic carbocycles. The Morgan fingerprint density at radius 1 is 1.69 bits per heavy atom. The highest BCUT2D eigenvalue weighted by Crippen LogP contribution is 2.25. The summed E-state index contributed by atoms with van der Waals surface area (Å²) in [5.74, 6) is -0.954. The summed E-state index contributed by atoms with van der Waals surface area (Å²) < 4.78 is 0. The van der Waals surface area contributed by atoms with Crippen molar-refractivity contribution < 1.29 is 9.90 Å². The molecule has 0 unspecified atom stereocenters. The van der Waals surface area contributed by atoms with Gasteiger partial charge in [-0.2, -0.15) is 0 Å². The molecule has 0 spiro atoms. The molecule has 1 aliphatic heterocycles. The van der Waals surface area contributed by atoms with E-state index in [0.717, 1.165) is 5.13 Å². The van der Waals surface area contributed by atoms with Crippen LogP contribution < -0.4 is 4.90 Å². The number of carbonyl (C=O) groups is 1. The van der Waals surface area contributed by atoms with Gasteiger partial charge in [-0.3, -0.25) is 4.79 Å². The minimum Gasteiger partial charge on any atom is -0.481 e. The standard InChI is InChI=1S/C6H7N3O2S.ClH/c10-5(11)4-1-9(2-4)6-8-7-3-12-6;/h3-4H,1-2H2,(H,10,11);1H. The SMILES string of the molecule is Cl.O=C(O)C1CN(c2nncs2)C1. The first kappa shape index (κ1) is 10.2. The predicted octanol–water partition coefficient (Wildman–Crippen LogP) is 0.481. The quantitative estimate of drug-likeness (QED) is 0.787. The third-order valence-electron chi connectivity index (χ3n) is 1.85. The number of aromatic nitrogens is 2. The molecule has 1 saturated heterocycles. The summed E-state index contributed by atoms with van der Waals surface area (Å²) >= 11 is 1.43. The number of anilines is 1. The van der Waals surface area contributed by atoms with Crippen LogP contribution in [0.15, 0.2) is 5.51 Å². The van der Waals surface area contributed by atoms with Gasteiger partial charge in [-0.05, 0) is 0 Å². The third-order valence-corrected chi connectivity index (χ3v) is 2.60. The fraction of sp³-hybridized carbons (Fsp3) is 0.500. The molecule has 0 bridgehead atoms. The van der Waals surface area contributed by atoms with Crippen LogP contribution in [-0.2, 0) is 4.79 Å². The van der Waals surface area contributed by atoms with E-state index >= 15 is 0 Å². The maximum Gasteiger partial charge on any atom is 0.310 e. The maximum absolute atomic E-state index is 10.4. The fourth-order valence-corrected chi connectivity index (χ4v) is 1.68. The zero-order chi connectivity index (χ0) is 8.55. The van der Waals surface area contributed by atoms with Gasteiger partial charge in [0.25, 0.3) is 0 Å². The molecule has 1 fully saturated rings. The number of hydrogen-bond donors (Lipinski definition) is 1. The lowest BCUT2D eigenvalue weighted by atomic mass is 10.0. The first-order valence-electron chi connectivity index (χ1n) is 3.51. The largest absolute Gasteiger partial charge is 0.481 e. The van der Waals surface area contributed by atoms with Gasteiger partial charge in [-0.1, -0.05) is 11.3 Å². The van der Waals surface area contributed by atoms with E-state index < -0.39 is 5.97 Å². The van der Waals surface area contributed by atoms with Gasteiger partial charge < -0.3 is 10.0 Å². The Bertz CT molecular complexity index is 286. The van der Waals surface area contributed by atoms with Crippen LogP contribution in [0.3, 0.4) is 0 Å². The van der Waals surface area contributed by atoms with Crippen molar-refractivity contribution in [2.45, 2.75) is 0 Å².